The first kappa shape index (κ1) is 15.0. The van der Waals surface area contributed by atoms with Crippen LogP contribution in [0.15, 0.2) is 24.3 Å². The minimum atomic E-state index is 0.336. The number of nitrogens with zero attached hydrogens (tertiary/aromatic N) is 1. The molecule has 21 heavy (non-hydrogen) atoms. The normalized spacial score (nSPS) is 27.0. The van der Waals surface area contributed by atoms with Gasteiger partial charge in [0.15, 0.2) is 0 Å². The summed E-state index contributed by atoms with van der Waals surface area (Å²) in [5, 5.41) is 3.51. The molecule has 0 saturated carbocycles. The molecule has 1 aromatic rings. The lowest BCUT2D eigenvalue weighted by atomic mass is 9.74. The third-order valence-corrected chi connectivity index (χ3v) is 5.04. The first-order valence-corrected chi connectivity index (χ1v) is 8.40. The molecule has 2 aliphatic rings. The molecule has 1 aliphatic heterocycles. The number of ether oxygens (including phenoxy) is 1. The van der Waals surface area contributed by atoms with E-state index in [0.29, 0.717) is 18.1 Å². The van der Waals surface area contributed by atoms with Crippen molar-refractivity contribution in [2.75, 3.05) is 33.3 Å². The topological polar surface area (TPSA) is 24.5 Å². The van der Waals surface area contributed by atoms with E-state index in [1.807, 2.05) is 0 Å². The molecular weight excluding hydrogens is 260 g/mol. The van der Waals surface area contributed by atoms with E-state index in [2.05, 4.69) is 48.5 Å². The van der Waals surface area contributed by atoms with Gasteiger partial charge in [0.2, 0.25) is 0 Å². The molecule has 116 valence electrons. The SMILES string of the molecule is CCCN1CCOC(C(CC2Cc3ccccc32)NC)C1. The van der Waals surface area contributed by atoms with Gasteiger partial charge in [-0.3, -0.25) is 4.90 Å². The molecule has 0 bridgehead atoms. The van der Waals surface area contributed by atoms with E-state index >= 15 is 0 Å². The van der Waals surface area contributed by atoms with Gasteiger partial charge >= 0.3 is 0 Å². The maximum Gasteiger partial charge on any atom is 0.0855 e. The largest absolute Gasteiger partial charge is 0.374 e. The molecule has 0 amide bonds. The van der Waals surface area contributed by atoms with Crippen molar-refractivity contribution in [3.05, 3.63) is 35.4 Å². The van der Waals surface area contributed by atoms with Crippen LogP contribution < -0.4 is 5.32 Å². The zero-order valence-corrected chi connectivity index (χ0v) is 13.3. The number of likely N-dealkylation sites (N-methyl/N-ethyl adjacent to an activating group) is 1. The van der Waals surface area contributed by atoms with Crippen molar-refractivity contribution in [3.8, 4) is 0 Å². The molecule has 3 unspecified atom stereocenters. The third kappa shape index (κ3) is 3.31. The molecule has 3 nitrogen and oxygen atoms in total. The Morgan fingerprint density at radius 2 is 2.24 bits per heavy atom. The van der Waals surface area contributed by atoms with Crippen LogP contribution in [0.1, 0.15) is 36.8 Å². The average molecular weight is 288 g/mol. The molecule has 1 N–H and O–H groups in total. The molecule has 0 aromatic heterocycles. The quantitative estimate of drug-likeness (QED) is 0.870. The fourth-order valence-electron chi connectivity index (χ4n) is 3.83. The van der Waals surface area contributed by atoms with Crippen molar-refractivity contribution in [1.29, 1.82) is 0 Å². The highest BCUT2D eigenvalue weighted by Crippen LogP contribution is 2.38. The maximum atomic E-state index is 6.06. The molecule has 3 heteroatoms. The van der Waals surface area contributed by atoms with Crippen LogP contribution in [0.5, 0.6) is 0 Å². The minimum absolute atomic E-state index is 0.336. The lowest BCUT2D eigenvalue weighted by Gasteiger charge is -2.40. The Kier molecular flexibility index (Phi) is 4.94. The van der Waals surface area contributed by atoms with Gasteiger partial charge in [-0.1, -0.05) is 31.2 Å². The Morgan fingerprint density at radius 1 is 1.38 bits per heavy atom. The number of fused-ring (bicyclic) bond motifs is 1. The Morgan fingerprint density at radius 3 is 3.00 bits per heavy atom. The highest BCUT2D eigenvalue weighted by molar-refractivity contribution is 5.40. The van der Waals surface area contributed by atoms with Gasteiger partial charge in [-0.25, -0.2) is 0 Å². The molecule has 1 aromatic carbocycles. The molecule has 1 aliphatic carbocycles. The van der Waals surface area contributed by atoms with E-state index < -0.39 is 0 Å². The molecule has 3 atom stereocenters. The molecule has 1 heterocycles. The maximum absolute atomic E-state index is 6.06. The average Bonchev–Trinajstić information content (AvgIpc) is 2.49. The van der Waals surface area contributed by atoms with Crippen molar-refractivity contribution in [2.45, 2.75) is 44.2 Å². The summed E-state index contributed by atoms with van der Waals surface area (Å²) in [6, 6.07) is 9.33. The van der Waals surface area contributed by atoms with Gasteiger partial charge in [0, 0.05) is 19.1 Å². The van der Waals surface area contributed by atoms with Crippen molar-refractivity contribution in [2.24, 2.45) is 0 Å². The van der Waals surface area contributed by atoms with E-state index in [0.717, 1.165) is 19.7 Å². The standard InChI is InChI=1S/C18H28N2O/c1-3-8-20-9-10-21-18(13-20)17(19-2)12-15-11-14-6-4-5-7-16(14)15/h4-7,15,17-19H,3,8-13H2,1-2H3. The van der Waals surface area contributed by atoms with Crippen LogP contribution in [0.4, 0.5) is 0 Å². The van der Waals surface area contributed by atoms with Gasteiger partial charge in [-0.15, -0.1) is 0 Å². The van der Waals surface area contributed by atoms with Crippen LogP contribution in [-0.4, -0.2) is 50.3 Å². The van der Waals surface area contributed by atoms with Crippen molar-refractivity contribution >= 4 is 0 Å². The minimum Gasteiger partial charge on any atom is -0.374 e. The predicted octanol–water partition coefficient (Wildman–Crippen LogP) is 2.42. The molecule has 1 fully saturated rings. The lowest BCUT2D eigenvalue weighted by molar-refractivity contribution is -0.0477. The lowest BCUT2D eigenvalue weighted by Crippen LogP contribution is -2.52. The number of nitrogens with one attached hydrogen (secondary N) is 1. The Balaban J connectivity index is 1.58. The van der Waals surface area contributed by atoms with Gasteiger partial charge in [0.05, 0.1) is 12.7 Å². The Hall–Kier alpha value is -0.900. The summed E-state index contributed by atoms with van der Waals surface area (Å²) in [7, 11) is 2.08. The van der Waals surface area contributed by atoms with Crippen LogP contribution >= 0.6 is 0 Å². The molecule has 3 rings (SSSR count). The van der Waals surface area contributed by atoms with Gasteiger partial charge in [0.1, 0.15) is 0 Å². The summed E-state index contributed by atoms with van der Waals surface area (Å²) in [5.41, 5.74) is 3.09. The monoisotopic (exact) mass is 288 g/mol. The van der Waals surface area contributed by atoms with Gasteiger partial charge in [0.25, 0.3) is 0 Å². The van der Waals surface area contributed by atoms with Gasteiger partial charge < -0.3 is 10.1 Å². The summed E-state index contributed by atoms with van der Waals surface area (Å²) < 4.78 is 6.06. The zero-order chi connectivity index (χ0) is 14.7. The van der Waals surface area contributed by atoms with Crippen LogP contribution in [0, 0.1) is 0 Å². The molecular formula is C18H28N2O. The highest BCUT2D eigenvalue weighted by atomic mass is 16.5. The Labute approximate surface area is 128 Å². The van der Waals surface area contributed by atoms with Crippen molar-refractivity contribution in [1.82, 2.24) is 10.2 Å². The number of rotatable bonds is 6. The van der Waals surface area contributed by atoms with Crippen LogP contribution in [0.25, 0.3) is 0 Å². The number of benzene rings is 1. The number of morpholine rings is 1. The molecule has 1 saturated heterocycles. The van der Waals surface area contributed by atoms with Crippen molar-refractivity contribution in [3.63, 3.8) is 0 Å². The second-order valence-corrected chi connectivity index (χ2v) is 6.44. The third-order valence-electron chi connectivity index (χ3n) is 5.04. The Bertz CT molecular complexity index is 460. The predicted molar refractivity (Wildman–Crippen MR) is 86.8 cm³/mol. The highest BCUT2D eigenvalue weighted by Gasteiger charge is 2.33. The summed E-state index contributed by atoms with van der Waals surface area (Å²) >= 11 is 0. The van der Waals surface area contributed by atoms with E-state index in [-0.39, 0.29) is 0 Å². The smallest absolute Gasteiger partial charge is 0.0855 e. The second-order valence-electron chi connectivity index (χ2n) is 6.44. The van der Waals surface area contributed by atoms with Crippen molar-refractivity contribution < 1.29 is 4.74 Å². The number of hydrogen-bond donors (Lipinski definition) is 1. The summed E-state index contributed by atoms with van der Waals surface area (Å²) in [6.07, 6.45) is 3.99. The van der Waals surface area contributed by atoms with Gasteiger partial charge in [-0.2, -0.15) is 0 Å². The number of hydrogen-bond acceptors (Lipinski definition) is 3. The van der Waals surface area contributed by atoms with E-state index in [9.17, 15) is 0 Å². The van der Waals surface area contributed by atoms with E-state index in [1.54, 1.807) is 5.56 Å². The second kappa shape index (κ2) is 6.91. The summed E-state index contributed by atoms with van der Waals surface area (Å²) in [4.78, 5) is 2.55. The zero-order valence-electron chi connectivity index (χ0n) is 13.3. The summed E-state index contributed by atoms with van der Waals surface area (Å²) in [6.45, 7) is 6.50. The van der Waals surface area contributed by atoms with Crippen LogP contribution in [0.2, 0.25) is 0 Å². The van der Waals surface area contributed by atoms with E-state index in [1.165, 1.54) is 31.4 Å². The molecule has 0 radical (unpaired) electrons. The fourth-order valence-corrected chi connectivity index (χ4v) is 3.83. The first-order chi connectivity index (χ1) is 10.3. The van der Waals surface area contributed by atoms with E-state index in [4.69, 9.17) is 4.74 Å². The molecule has 0 spiro atoms. The van der Waals surface area contributed by atoms with Gasteiger partial charge in [-0.05, 0) is 49.9 Å². The van der Waals surface area contributed by atoms with Crippen LogP contribution in [0.3, 0.4) is 0 Å². The first-order valence-electron chi connectivity index (χ1n) is 8.40. The summed E-state index contributed by atoms with van der Waals surface area (Å²) in [5.74, 6) is 0.712. The van der Waals surface area contributed by atoms with Crippen LogP contribution in [-0.2, 0) is 11.2 Å². The fraction of sp³-hybridized carbons (Fsp3) is 0.667.